The number of hydrogen-bond acceptors (Lipinski definition) is 7. The average Bonchev–Trinajstić information content (AvgIpc) is 2.71. The van der Waals surface area contributed by atoms with Crippen molar-refractivity contribution in [2.45, 2.75) is 26.3 Å². The molecule has 1 aromatic rings. The first-order valence-electron chi connectivity index (χ1n) is 9.34. The summed E-state index contributed by atoms with van der Waals surface area (Å²) in [6, 6.07) is 4.74. The molecule has 0 radical (unpaired) electrons. The number of carbonyl (C=O) groups is 2. The van der Waals surface area contributed by atoms with Gasteiger partial charge < -0.3 is 14.2 Å². The number of nitrogens with zero attached hydrogens (tertiary/aromatic N) is 2. The van der Waals surface area contributed by atoms with Crippen LogP contribution in [0.5, 0.6) is 11.5 Å². The van der Waals surface area contributed by atoms with E-state index < -0.39 is 12.0 Å². The molecule has 1 aromatic carbocycles. The molecule has 2 aliphatic rings. The molecule has 0 aliphatic carbocycles. The highest BCUT2D eigenvalue weighted by molar-refractivity contribution is 8.14. The van der Waals surface area contributed by atoms with Crippen LogP contribution in [0.1, 0.15) is 31.9 Å². The number of fused-ring (bicyclic) bond motifs is 1. The van der Waals surface area contributed by atoms with Gasteiger partial charge in [0.15, 0.2) is 16.7 Å². The standard InChI is InChI=1S/C21H24N2O5S/c1-5-10-28-15-8-7-14(12-16(15)26-4)19-18(20(25)27-6-2)13(3)22-21-23(19)17(24)9-11-29-21/h5,7-8,12,19H,1,6,9-11H2,2-4H3/t19-/m0/s1. The van der Waals surface area contributed by atoms with Gasteiger partial charge in [0, 0.05) is 12.2 Å². The van der Waals surface area contributed by atoms with Gasteiger partial charge in [-0.3, -0.25) is 9.69 Å². The maximum absolute atomic E-state index is 12.8. The Hall–Kier alpha value is -2.74. The average molecular weight is 416 g/mol. The quantitative estimate of drug-likeness (QED) is 0.500. The number of hydrogen-bond donors (Lipinski definition) is 0. The summed E-state index contributed by atoms with van der Waals surface area (Å²) < 4.78 is 16.4. The lowest BCUT2D eigenvalue weighted by Gasteiger charge is -2.39. The number of thioether (sulfide) groups is 1. The normalized spacial score (nSPS) is 18.7. The van der Waals surface area contributed by atoms with Crippen molar-refractivity contribution in [3.05, 3.63) is 47.7 Å². The van der Waals surface area contributed by atoms with Crippen LogP contribution in [-0.4, -0.2) is 48.0 Å². The van der Waals surface area contributed by atoms with E-state index in [-0.39, 0.29) is 12.5 Å². The third-order valence-corrected chi connectivity index (χ3v) is 5.52. The third-order valence-electron chi connectivity index (χ3n) is 4.56. The molecule has 2 heterocycles. The summed E-state index contributed by atoms with van der Waals surface area (Å²) in [7, 11) is 1.54. The van der Waals surface area contributed by atoms with E-state index in [0.717, 1.165) is 5.56 Å². The third kappa shape index (κ3) is 4.17. The second kappa shape index (κ2) is 9.17. The maximum atomic E-state index is 12.8. The summed E-state index contributed by atoms with van der Waals surface area (Å²) in [5, 5.41) is 0.600. The van der Waals surface area contributed by atoms with Gasteiger partial charge in [-0.05, 0) is 31.5 Å². The molecule has 0 N–H and O–H groups in total. The SMILES string of the molecule is C=CCOc1ccc([C@H]2C(C(=O)OCC)=C(C)N=C3SCCC(=O)N32)cc1OC. The van der Waals surface area contributed by atoms with E-state index >= 15 is 0 Å². The van der Waals surface area contributed by atoms with E-state index in [9.17, 15) is 9.59 Å². The van der Waals surface area contributed by atoms with Crippen molar-refractivity contribution in [2.75, 3.05) is 26.1 Å². The molecule has 0 unspecified atom stereocenters. The number of amides is 1. The second-order valence-electron chi connectivity index (χ2n) is 6.39. The van der Waals surface area contributed by atoms with Gasteiger partial charge in [-0.1, -0.05) is 30.5 Å². The Balaban J connectivity index is 2.11. The molecule has 1 amide bonds. The van der Waals surface area contributed by atoms with Crippen LogP contribution in [-0.2, 0) is 14.3 Å². The van der Waals surface area contributed by atoms with Crippen molar-refractivity contribution in [1.82, 2.24) is 4.90 Å². The van der Waals surface area contributed by atoms with Crippen molar-refractivity contribution in [1.29, 1.82) is 0 Å². The summed E-state index contributed by atoms with van der Waals surface area (Å²) >= 11 is 1.51. The summed E-state index contributed by atoms with van der Waals surface area (Å²) in [4.78, 5) is 31.7. The predicted molar refractivity (Wildman–Crippen MR) is 112 cm³/mol. The van der Waals surface area contributed by atoms with Crippen LogP contribution >= 0.6 is 11.8 Å². The van der Waals surface area contributed by atoms with E-state index in [1.807, 2.05) is 6.07 Å². The minimum Gasteiger partial charge on any atom is -0.493 e. The van der Waals surface area contributed by atoms with Crippen LogP contribution in [0.3, 0.4) is 0 Å². The van der Waals surface area contributed by atoms with Gasteiger partial charge in [-0.2, -0.15) is 0 Å². The minimum atomic E-state index is -0.635. The monoisotopic (exact) mass is 416 g/mol. The molecule has 0 aromatic heterocycles. The lowest BCUT2D eigenvalue weighted by Crippen LogP contribution is -2.45. The van der Waals surface area contributed by atoms with Crippen LogP contribution in [0.15, 0.2) is 47.1 Å². The molecular weight excluding hydrogens is 392 g/mol. The highest BCUT2D eigenvalue weighted by Gasteiger charge is 2.41. The van der Waals surface area contributed by atoms with Crippen LogP contribution in [0.2, 0.25) is 0 Å². The number of ether oxygens (including phenoxy) is 3. The van der Waals surface area contributed by atoms with Gasteiger partial charge in [-0.15, -0.1) is 0 Å². The van der Waals surface area contributed by atoms with Gasteiger partial charge in [0.1, 0.15) is 6.61 Å². The van der Waals surface area contributed by atoms with Gasteiger partial charge >= 0.3 is 5.97 Å². The molecule has 0 spiro atoms. The number of rotatable bonds is 7. The van der Waals surface area contributed by atoms with Crippen molar-refractivity contribution in [2.24, 2.45) is 4.99 Å². The van der Waals surface area contributed by atoms with E-state index in [4.69, 9.17) is 14.2 Å². The molecule has 154 valence electrons. The number of esters is 1. The Labute approximate surface area is 174 Å². The molecular formula is C21H24N2O5S. The smallest absolute Gasteiger partial charge is 0.338 e. The number of amidine groups is 1. The number of benzene rings is 1. The number of carbonyl (C=O) groups excluding carboxylic acids is 2. The fourth-order valence-electron chi connectivity index (χ4n) is 3.30. The zero-order chi connectivity index (χ0) is 21.0. The first kappa shape index (κ1) is 21.0. The molecule has 1 fully saturated rings. The Morgan fingerprint density at radius 3 is 2.90 bits per heavy atom. The molecule has 0 bridgehead atoms. The van der Waals surface area contributed by atoms with E-state index in [1.54, 1.807) is 44.1 Å². The minimum absolute atomic E-state index is 0.0762. The number of allylic oxidation sites excluding steroid dienone is 1. The first-order valence-corrected chi connectivity index (χ1v) is 10.3. The largest absolute Gasteiger partial charge is 0.493 e. The topological polar surface area (TPSA) is 77.4 Å². The summed E-state index contributed by atoms with van der Waals surface area (Å²) in [6.07, 6.45) is 2.03. The molecule has 8 heteroatoms. The van der Waals surface area contributed by atoms with E-state index in [0.29, 0.717) is 46.7 Å². The van der Waals surface area contributed by atoms with Crippen LogP contribution < -0.4 is 9.47 Å². The number of aliphatic imine (C=N–C) groups is 1. The highest BCUT2D eigenvalue weighted by atomic mass is 32.2. The maximum Gasteiger partial charge on any atom is 0.338 e. The second-order valence-corrected chi connectivity index (χ2v) is 7.45. The highest BCUT2D eigenvalue weighted by Crippen LogP contribution is 2.42. The van der Waals surface area contributed by atoms with Crippen LogP contribution in [0.25, 0.3) is 0 Å². The molecule has 3 rings (SSSR count). The molecule has 2 aliphatic heterocycles. The molecule has 1 saturated heterocycles. The predicted octanol–water partition coefficient (Wildman–Crippen LogP) is 3.47. The molecule has 0 saturated carbocycles. The summed E-state index contributed by atoms with van der Waals surface area (Å²) in [5.74, 6) is 1.17. The number of methoxy groups -OCH3 is 1. The lowest BCUT2D eigenvalue weighted by molar-refractivity contribution is -0.139. The molecule has 1 atom stereocenters. The van der Waals surface area contributed by atoms with E-state index in [1.165, 1.54) is 11.8 Å². The van der Waals surface area contributed by atoms with Crippen molar-refractivity contribution in [3.8, 4) is 11.5 Å². The van der Waals surface area contributed by atoms with Gasteiger partial charge in [0.2, 0.25) is 5.91 Å². The molecule has 7 nitrogen and oxygen atoms in total. The van der Waals surface area contributed by atoms with Gasteiger partial charge in [0.05, 0.1) is 31.0 Å². The van der Waals surface area contributed by atoms with E-state index in [2.05, 4.69) is 11.6 Å². The Bertz CT molecular complexity index is 893. The van der Waals surface area contributed by atoms with Crippen molar-refractivity contribution < 1.29 is 23.8 Å². The van der Waals surface area contributed by atoms with Gasteiger partial charge in [-0.25, -0.2) is 9.79 Å². The van der Waals surface area contributed by atoms with Crippen LogP contribution in [0.4, 0.5) is 0 Å². The summed E-state index contributed by atoms with van der Waals surface area (Å²) in [5.41, 5.74) is 1.62. The molecule has 29 heavy (non-hydrogen) atoms. The first-order chi connectivity index (χ1) is 14.0. The lowest BCUT2D eigenvalue weighted by atomic mass is 9.94. The van der Waals surface area contributed by atoms with Crippen molar-refractivity contribution >= 4 is 28.8 Å². The Morgan fingerprint density at radius 2 is 2.21 bits per heavy atom. The Morgan fingerprint density at radius 1 is 1.41 bits per heavy atom. The van der Waals surface area contributed by atoms with Gasteiger partial charge in [0.25, 0.3) is 0 Å². The van der Waals surface area contributed by atoms with Crippen LogP contribution in [0, 0.1) is 0 Å². The fraction of sp³-hybridized carbons (Fsp3) is 0.381. The van der Waals surface area contributed by atoms with Crippen molar-refractivity contribution in [3.63, 3.8) is 0 Å². The fourth-order valence-corrected chi connectivity index (χ4v) is 4.31. The zero-order valence-electron chi connectivity index (χ0n) is 16.8. The Kier molecular flexibility index (Phi) is 6.64. The zero-order valence-corrected chi connectivity index (χ0v) is 17.6. The summed E-state index contributed by atoms with van der Waals surface area (Å²) in [6.45, 7) is 7.73.